The van der Waals surface area contributed by atoms with Gasteiger partial charge in [-0.2, -0.15) is 0 Å². The van der Waals surface area contributed by atoms with Crippen molar-refractivity contribution in [3.8, 4) is 0 Å². The van der Waals surface area contributed by atoms with Gasteiger partial charge in [-0.25, -0.2) is 13.2 Å². The first-order chi connectivity index (χ1) is 12.9. The number of hydrogen-bond donors (Lipinski definition) is 2. The summed E-state index contributed by atoms with van der Waals surface area (Å²) in [6.07, 6.45) is 1.99. The van der Waals surface area contributed by atoms with Crippen LogP contribution in [0.4, 0.5) is 4.79 Å². The molecule has 28 heavy (non-hydrogen) atoms. The van der Waals surface area contributed by atoms with Crippen molar-refractivity contribution in [1.29, 1.82) is 0 Å². The van der Waals surface area contributed by atoms with Gasteiger partial charge < -0.3 is 15.2 Å². The lowest BCUT2D eigenvalue weighted by Crippen LogP contribution is -2.34. The maximum atomic E-state index is 12.7. The minimum absolute atomic E-state index is 0.0205. The topological polar surface area (TPSA) is 110 Å². The van der Waals surface area contributed by atoms with E-state index in [1.807, 2.05) is 0 Å². The Morgan fingerprint density at radius 1 is 1.21 bits per heavy atom. The third-order valence-corrected chi connectivity index (χ3v) is 6.42. The number of ketones is 1. The van der Waals surface area contributed by atoms with Crippen LogP contribution in [0.25, 0.3) is 0 Å². The Kier molecular flexibility index (Phi) is 6.88. The van der Waals surface area contributed by atoms with Gasteiger partial charge in [0.1, 0.15) is 5.60 Å². The zero-order valence-electron chi connectivity index (χ0n) is 16.7. The Balaban J connectivity index is 1.98. The highest BCUT2D eigenvalue weighted by Gasteiger charge is 2.36. The largest absolute Gasteiger partial charge is 0.444 e. The zero-order valence-corrected chi connectivity index (χ0v) is 17.5. The number of Topliss-reactive ketones (excluding diaryl/α,β-unsaturated/α-hetero) is 1. The number of carbonyl (C=O) groups excluding carboxylic acids is 2. The smallest absolute Gasteiger partial charge is 0.407 e. The van der Waals surface area contributed by atoms with Crippen molar-refractivity contribution < 1.29 is 27.9 Å². The first-order valence-corrected chi connectivity index (χ1v) is 11.1. The molecule has 8 heteroatoms. The van der Waals surface area contributed by atoms with Gasteiger partial charge >= 0.3 is 6.09 Å². The number of amides is 1. The summed E-state index contributed by atoms with van der Waals surface area (Å²) in [7, 11) is -3.70. The third-order valence-electron chi connectivity index (χ3n) is 4.53. The van der Waals surface area contributed by atoms with Crippen molar-refractivity contribution in [3.63, 3.8) is 0 Å². The Morgan fingerprint density at radius 2 is 1.86 bits per heavy atom. The molecule has 0 unspecified atom stereocenters. The molecule has 0 saturated heterocycles. The van der Waals surface area contributed by atoms with E-state index in [9.17, 15) is 23.1 Å². The van der Waals surface area contributed by atoms with Crippen LogP contribution in [-0.4, -0.2) is 48.9 Å². The van der Waals surface area contributed by atoms with Crippen molar-refractivity contribution in [2.45, 2.75) is 69.0 Å². The predicted octanol–water partition coefficient (Wildman–Crippen LogP) is 2.86. The summed E-state index contributed by atoms with van der Waals surface area (Å²) in [5, 5.41) is 12.9. The summed E-state index contributed by atoms with van der Waals surface area (Å²) in [6, 6.07) is 5.83. The first kappa shape index (κ1) is 22.4. The van der Waals surface area contributed by atoms with E-state index in [4.69, 9.17) is 4.74 Å². The lowest BCUT2D eigenvalue weighted by Gasteiger charge is -2.21. The van der Waals surface area contributed by atoms with E-state index in [1.54, 1.807) is 26.8 Å². The number of nitrogens with one attached hydrogen (secondary N) is 1. The number of ether oxygens (including phenoxy) is 1. The zero-order chi connectivity index (χ0) is 21.0. The highest BCUT2D eigenvalue weighted by Crippen LogP contribution is 2.32. The van der Waals surface area contributed by atoms with Gasteiger partial charge in [0.05, 0.1) is 16.2 Å². The van der Waals surface area contributed by atoms with Crippen molar-refractivity contribution >= 4 is 21.7 Å². The van der Waals surface area contributed by atoms with Crippen LogP contribution < -0.4 is 5.32 Å². The fourth-order valence-corrected chi connectivity index (χ4v) is 4.97. The second-order valence-corrected chi connectivity index (χ2v) is 10.3. The van der Waals surface area contributed by atoms with Crippen LogP contribution in [-0.2, 0) is 14.6 Å². The normalized spacial score (nSPS) is 16.6. The average molecular weight is 412 g/mol. The molecular weight excluding hydrogens is 382 g/mol. The molecule has 1 aliphatic rings. The molecule has 0 bridgehead atoms. The minimum Gasteiger partial charge on any atom is -0.444 e. The highest BCUT2D eigenvalue weighted by molar-refractivity contribution is 7.91. The molecule has 1 aromatic rings. The first-order valence-electron chi connectivity index (χ1n) is 9.46. The van der Waals surface area contributed by atoms with Crippen LogP contribution in [0.1, 0.15) is 63.2 Å². The fraction of sp³-hybridized carbons (Fsp3) is 0.600. The SMILES string of the molecule is CC(C)(C)OC(=O)NCCC(=O)c1cccc(S(=O)(=O)CC2(O)CCCC2)c1. The molecule has 0 spiro atoms. The lowest BCUT2D eigenvalue weighted by atomic mass is 10.1. The number of hydrogen-bond acceptors (Lipinski definition) is 6. The molecule has 1 aliphatic carbocycles. The van der Waals surface area contributed by atoms with Crippen LogP contribution in [0.2, 0.25) is 0 Å². The van der Waals surface area contributed by atoms with E-state index >= 15 is 0 Å². The molecule has 156 valence electrons. The number of sulfone groups is 1. The minimum atomic E-state index is -3.70. The molecule has 2 N–H and O–H groups in total. The Hall–Kier alpha value is -1.93. The molecule has 0 radical (unpaired) electrons. The van der Waals surface area contributed by atoms with Gasteiger partial charge in [0.2, 0.25) is 0 Å². The molecular formula is C20H29NO6S. The molecule has 0 aliphatic heterocycles. The molecule has 2 rings (SSSR count). The quantitative estimate of drug-likeness (QED) is 0.668. The standard InChI is InChI=1S/C20H29NO6S/c1-19(2,3)27-18(23)21-12-9-17(22)15-7-6-8-16(13-15)28(25,26)14-20(24)10-4-5-11-20/h6-8,13,24H,4-5,9-12,14H2,1-3H3,(H,21,23). The van der Waals surface area contributed by atoms with Gasteiger partial charge in [0.15, 0.2) is 15.6 Å². The van der Waals surface area contributed by atoms with Gasteiger partial charge in [-0.15, -0.1) is 0 Å². The molecule has 1 amide bonds. The van der Waals surface area contributed by atoms with E-state index in [-0.39, 0.29) is 35.0 Å². The van der Waals surface area contributed by atoms with Crippen molar-refractivity contribution in [2.24, 2.45) is 0 Å². The number of carbonyl (C=O) groups is 2. The maximum absolute atomic E-state index is 12.7. The monoisotopic (exact) mass is 411 g/mol. The van der Waals surface area contributed by atoms with Crippen molar-refractivity contribution in [3.05, 3.63) is 29.8 Å². The van der Waals surface area contributed by atoms with E-state index in [2.05, 4.69) is 5.32 Å². The molecule has 7 nitrogen and oxygen atoms in total. The maximum Gasteiger partial charge on any atom is 0.407 e. The second kappa shape index (κ2) is 8.61. The van der Waals surface area contributed by atoms with E-state index < -0.39 is 27.1 Å². The highest BCUT2D eigenvalue weighted by atomic mass is 32.2. The number of benzene rings is 1. The summed E-state index contributed by atoms with van der Waals surface area (Å²) in [5.74, 6) is -0.620. The van der Waals surface area contributed by atoms with E-state index in [0.717, 1.165) is 12.8 Å². The van der Waals surface area contributed by atoms with Crippen LogP contribution in [0.3, 0.4) is 0 Å². The van der Waals surface area contributed by atoms with Crippen molar-refractivity contribution in [2.75, 3.05) is 12.3 Å². The third kappa shape index (κ3) is 6.60. The van der Waals surface area contributed by atoms with Crippen LogP contribution >= 0.6 is 0 Å². The predicted molar refractivity (Wildman–Crippen MR) is 105 cm³/mol. The Morgan fingerprint density at radius 3 is 2.46 bits per heavy atom. The molecule has 1 saturated carbocycles. The van der Waals surface area contributed by atoms with Gasteiger partial charge in [0, 0.05) is 18.5 Å². The molecule has 1 fully saturated rings. The Labute approximate surface area is 166 Å². The van der Waals surface area contributed by atoms with E-state index in [1.165, 1.54) is 18.2 Å². The lowest BCUT2D eigenvalue weighted by molar-refractivity contribution is 0.0527. The summed E-state index contributed by atoms with van der Waals surface area (Å²) in [5.41, 5.74) is -1.55. The van der Waals surface area contributed by atoms with Gasteiger partial charge in [-0.3, -0.25) is 4.79 Å². The average Bonchev–Trinajstić information content (AvgIpc) is 2.98. The molecule has 0 atom stereocenters. The number of rotatable bonds is 7. The molecule has 1 aromatic carbocycles. The second-order valence-electron chi connectivity index (χ2n) is 8.32. The Bertz CT molecular complexity index is 819. The van der Waals surface area contributed by atoms with Crippen LogP contribution in [0.5, 0.6) is 0 Å². The van der Waals surface area contributed by atoms with Gasteiger partial charge in [0.25, 0.3) is 0 Å². The van der Waals surface area contributed by atoms with Crippen LogP contribution in [0, 0.1) is 0 Å². The fourth-order valence-electron chi connectivity index (χ4n) is 3.21. The molecule has 0 heterocycles. The van der Waals surface area contributed by atoms with Crippen LogP contribution in [0.15, 0.2) is 29.2 Å². The summed E-state index contributed by atoms with van der Waals surface area (Å²) in [6.45, 7) is 5.31. The molecule has 0 aromatic heterocycles. The van der Waals surface area contributed by atoms with Gasteiger partial charge in [-0.1, -0.05) is 25.0 Å². The summed E-state index contributed by atoms with van der Waals surface area (Å²) in [4.78, 5) is 24.0. The van der Waals surface area contributed by atoms with E-state index in [0.29, 0.717) is 12.8 Å². The van der Waals surface area contributed by atoms with Gasteiger partial charge in [-0.05, 0) is 45.7 Å². The summed E-state index contributed by atoms with van der Waals surface area (Å²) >= 11 is 0. The summed E-state index contributed by atoms with van der Waals surface area (Å²) < 4.78 is 30.4. The number of aliphatic hydroxyl groups is 1. The number of alkyl carbamates (subject to hydrolysis) is 1. The van der Waals surface area contributed by atoms with Crippen molar-refractivity contribution in [1.82, 2.24) is 5.32 Å².